The van der Waals surface area contributed by atoms with Gasteiger partial charge >= 0.3 is 5.97 Å². The zero-order chi connectivity index (χ0) is 19.4. The summed E-state index contributed by atoms with van der Waals surface area (Å²) in [5.41, 5.74) is 3.18. The summed E-state index contributed by atoms with van der Waals surface area (Å²) < 4.78 is 5.89. The normalized spacial score (nSPS) is 19.1. The predicted octanol–water partition coefficient (Wildman–Crippen LogP) is 3.44. The first kappa shape index (κ1) is 19.0. The van der Waals surface area contributed by atoms with Crippen LogP contribution in [0.15, 0.2) is 48.5 Å². The zero-order valence-electron chi connectivity index (χ0n) is 15.7. The van der Waals surface area contributed by atoms with Crippen LogP contribution in [-0.4, -0.2) is 34.5 Å². The van der Waals surface area contributed by atoms with E-state index in [1.165, 1.54) is 5.56 Å². The van der Waals surface area contributed by atoms with Crippen molar-refractivity contribution in [3.63, 3.8) is 0 Å². The van der Waals surface area contributed by atoms with Crippen LogP contribution in [0, 0.1) is 12.8 Å². The summed E-state index contributed by atoms with van der Waals surface area (Å²) in [6.45, 7) is 4.84. The first-order chi connectivity index (χ1) is 13.0. The Balaban J connectivity index is 1.61. The molecule has 0 bridgehead atoms. The van der Waals surface area contributed by atoms with Crippen LogP contribution in [0.3, 0.4) is 0 Å². The average Bonchev–Trinajstić information content (AvgIpc) is 3.03. The van der Waals surface area contributed by atoms with Gasteiger partial charge in [0.2, 0.25) is 5.91 Å². The highest BCUT2D eigenvalue weighted by Gasteiger charge is 2.37. The van der Waals surface area contributed by atoms with Gasteiger partial charge in [0.05, 0.1) is 12.3 Å². The number of carbonyl (C=O) groups excluding carboxylic acids is 1. The van der Waals surface area contributed by atoms with Crippen molar-refractivity contribution in [3.05, 3.63) is 65.2 Å². The molecule has 5 heteroatoms. The fourth-order valence-electron chi connectivity index (χ4n) is 3.58. The number of carboxylic acids is 1. The molecule has 5 nitrogen and oxygen atoms in total. The van der Waals surface area contributed by atoms with Gasteiger partial charge in [-0.05, 0) is 49.1 Å². The fourth-order valence-corrected chi connectivity index (χ4v) is 3.58. The largest absolute Gasteiger partial charge is 0.489 e. The minimum Gasteiger partial charge on any atom is -0.489 e. The maximum absolute atomic E-state index is 12.6. The molecule has 27 heavy (non-hydrogen) atoms. The summed E-state index contributed by atoms with van der Waals surface area (Å²) in [5, 5.41) is 9.23. The lowest BCUT2D eigenvalue weighted by atomic mass is 10.0. The summed E-state index contributed by atoms with van der Waals surface area (Å²) >= 11 is 0. The van der Waals surface area contributed by atoms with Gasteiger partial charge in [0.25, 0.3) is 0 Å². The molecule has 3 rings (SSSR count). The number of benzene rings is 2. The molecule has 2 aromatic carbocycles. The van der Waals surface area contributed by atoms with Crippen LogP contribution in [0.2, 0.25) is 0 Å². The molecule has 0 radical (unpaired) electrons. The van der Waals surface area contributed by atoms with E-state index >= 15 is 0 Å². The number of aliphatic carboxylic acids is 1. The number of hydrogen-bond acceptors (Lipinski definition) is 3. The Morgan fingerprint density at radius 3 is 2.67 bits per heavy atom. The quantitative estimate of drug-likeness (QED) is 0.849. The van der Waals surface area contributed by atoms with Gasteiger partial charge in [-0.3, -0.25) is 9.59 Å². The van der Waals surface area contributed by atoms with E-state index in [1.54, 1.807) is 4.90 Å². The summed E-state index contributed by atoms with van der Waals surface area (Å²) in [4.78, 5) is 25.5. The van der Waals surface area contributed by atoms with E-state index in [2.05, 4.69) is 13.0 Å². The van der Waals surface area contributed by atoms with Crippen molar-refractivity contribution in [2.45, 2.75) is 39.3 Å². The number of carbonyl (C=O) groups is 2. The third-order valence-corrected chi connectivity index (χ3v) is 5.30. The van der Waals surface area contributed by atoms with Crippen molar-refractivity contribution >= 4 is 11.9 Å². The van der Waals surface area contributed by atoms with Crippen LogP contribution in [-0.2, 0) is 22.6 Å². The molecule has 1 fully saturated rings. The minimum atomic E-state index is -0.829. The SMILES string of the molecule is Cc1ccccc1COc1cccc(CC(=O)N2CCC(C(=O)O)C2C)c1. The summed E-state index contributed by atoms with van der Waals surface area (Å²) in [7, 11) is 0. The summed E-state index contributed by atoms with van der Waals surface area (Å²) in [5.74, 6) is -0.620. The Hall–Kier alpha value is -2.82. The third kappa shape index (κ3) is 4.48. The molecule has 0 aromatic heterocycles. The molecule has 1 amide bonds. The van der Waals surface area contributed by atoms with Crippen molar-refractivity contribution in [2.75, 3.05) is 6.54 Å². The number of nitrogens with zero attached hydrogens (tertiary/aromatic N) is 1. The van der Waals surface area contributed by atoms with E-state index in [9.17, 15) is 14.7 Å². The van der Waals surface area contributed by atoms with E-state index in [1.807, 2.05) is 49.4 Å². The Morgan fingerprint density at radius 2 is 1.96 bits per heavy atom. The predicted molar refractivity (Wildman–Crippen MR) is 103 cm³/mol. The van der Waals surface area contributed by atoms with Crippen LogP contribution in [0.5, 0.6) is 5.75 Å². The van der Waals surface area contributed by atoms with Gasteiger partial charge in [-0.25, -0.2) is 0 Å². The Morgan fingerprint density at radius 1 is 1.19 bits per heavy atom. The first-order valence-electron chi connectivity index (χ1n) is 9.24. The Kier molecular flexibility index (Phi) is 5.79. The molecule has 142 valence electrons. The van der Waals surface area contributed by atoms with Crippen molar-refractivity contribution in [2.24, 2.45) is 5.92 Å². The van der Waals surface area contributed by atoms with Gasteiger partial charge in [0.1, 0.15) is 12.4 Å². The fraction of sp³-hybridized carbons (Fsp3) is 0.364. The van der Waals surface area contributed by atoms with Crippen molar-refractivity contribution < 1.29 is 19.4 Å². The molecule has 1 aliphatic rings. The lowest BCUT2D eigenvalue weighted by molar-refractivity contribution is -0.143. The molecule has 2 aromatic rings. The second kappa shape index (κ2) is 8.25. The number of amides is 1. The van der Waals surface area contributed by atoms with Crippen LogP contribution < -0.4 is 4.74 Å². The van der Waals surface area contributed by atoms with Gasteiger partial charge in [-0.1, -0.05) is 36.4 Å². The topological polar surface area (TPSA) is 66.8 Å². The van der Waals surface area contributed by atoms with Crippen LogP contribution in [0.1, 0.15) is 30.0 Å². The van der Waals surface area contributed by atoms with E-state index in [-0.39, 0.29) is 18.4 Å². The number of likely N-dealkylation sites (tertiary alicyclic amines) is 1. The highest BCUT2D eigenvalue weighted by Crippen LogP contribution is 2.25. The summed E-state index contributed by atoms with van der Waals surface area (Å²) in [6.07, 6.45) is 0.764. The minimum absolute atomic E-state index is 0.0395. The maximum atomic E-state index is 12.6. The highest BCUT2D eigenvalue weighted by molar-refractivity contribution is 5.81. The van der Waals surface area contributed by atoms with Crippen LogP contribution in [0.4, 0.5) is 0 Å². The van der Waals surface area contributed by atoms with Crippen LogP contribution >= 0.6 is 0 Å². The highest BCUT2D eigenvalue weighted by atomic mass is 16.5. The number of aryl methyl sites for hydroxylation is 1. The molecule has 2 unspecified atom stereocenters. The number of ether oxygens (including phenoxy) is 1. The number of rotatable bonds is 6. The lowest BCUT2D eigenvalue weighted by Gasteiger charge is -2.23. The molecule has 1 aliphatic heterocycles. The molecule has 1 heterocycles. The van der Waals surface area contributed by atoms with Gasteiger partial charge in [0, 0.05) is 12.6 Å². The molecule has 0 spiro atoms. The molecule has 0 aliphatic carbocycles. The first-order valence-corrected chi connectivity index (χ1v) is 9.24. The molecular formula is C22H25NO4. The zero-order valence-corrected chi connectivity index (χ0v) is 15.7. The molecular weight excluding hydrogens is 342 g/mol. The maximum Gasteiger partial charge on any atom is 0.308 e. The van der Waals surface area contributed by atoms with E-state index in [0.29, 0.717) is 19.6 Å². The molecule has 1 N–H and O–H groups in total. The van der Waals surface area contributed by atoms with Gasteiger partial charge in [0.15, 0.2) is 0 Å². The summed E-state index contributed by atoms with van der Waals surface area (Å²) in [6, 6.07) is 15.3. The molecule has 1 saturated heterocycles. The standard InChI is InChI=1S/C22H25NO4/c1-15-6-3-4-8-18(15)14-27-19-9-5-7-17(12-19)13-21(24)23-11-10-20(16(23)2)22(25)26/h3-9,12,16,20H,10-11,13-14H2,1-2H3,(H,25,26). The van der Waals surface area contributed by atoms with Gasteiger partial charge in [-0.2, -0.15) is 0 Å². The third-order valence-electron chi connectivity index (χ3n) is 5.30. The van der Waals surface area contributed by atoms with Crippen molar-refractivity contribution in [3.8, 4) is 5.75 Å². The smallest absolute Gasteiger partial charge is 0.308 e. The number of hydrogen-bond donors (Lipinski definition) is 1. The van der Waals surface area contributed by atoms with Gasteiger partial charge < -0.3 is 14.7 Å². The molecule has 0 saturated carbocycles. The molecule has 2 atom stereocenters. The number of carboxylic acid groups (broad SMARTS) is 1. The van der Waals surface area contributed by atoms with Crippen molar-refractivity contribution in [1.82, 2.24) is 4.90 Å². The lowest BCUT2D eigenvalue weighted by Crippen LogP contribution is -2.38. The average molecular weight is 367 g/mol. The van der Waals surface area contributed by atoms with Crippen LogP contribution in [0.25, 0.3) is 0 Å². The van der Waals surface area contributed by atoms with Crippen molar-refractivity contribution in [1.29, 1.82) is 0 Å². The van der Waals surface area contributed by atoms with Gasteiger partial charge in [-0.15, -0.1) is 0 Å². The van der Waals surface area contributed by atoms with E-state index < -0.39 is 11.9 Å². The second-order valence-electron chi connectivity index (χ2n) is 7.10. The van der Waals surface area contributed by atoms with E-state index in [0.717, 1.165) is 16.9 Å². The Bertz CT molecular complexity index is 833. The monoisotopic (exact) mass is 367 g/mol. The second-order valence-corrected chi connectivity index (χ2v) is 7.10. The Labute approximate surface area is 159 Å². The van der Waals surface area contributed by atoms with E-state index in [4.69, 9.17) is 4.74 Å².